The van der Waals surface area contributed by atoms with Gasteiger partial charge in [0.1, 0.15) is 16.7 Å². The Morgan fingerprint density at radius 2 is 2.00 bits per heavy atom. The number of carbonyl (C=O) groups excluding carboxylic acids is 1. The van der Waals surface area contributed by atoms with Gasteiger partial charge in [-0.1, -0.05) is 23.2 Å². The molecule has 3 N–H and O–H groups in total. The lowest BCUT2D eigenvalue weighted by Gasteiger charge is -2.09. The number of halogens is 2. The molecule has 6 nitrogen and oxygen atoms in total. The first-order valence-corrected chi connectivity index (χ1v) is 7.29. The van der Waals surface area contributed by atoms with Crippen LogP contribution in [0.25, 0.3) is 11.0 Å². The Kier molecular flexibility index (Phi) is 3.48. The van der Waals surface area contributed by atoms with Gasteiger partial charge < -0.3 is 15.6 Å². The Morgan fingerprint density at radius 1 is 1.29 bits per heavy atom. The van der Waals surface area contributed by atoms with Crippen molar-refractivity contribution in [2.75, 3.05) is 11.1 Å². The first-order chi connectivity index (χ1) is 9.97. The number of nitrogens with zero attached hydrogens (tertiary/aromatic N) is 3. The third kappa shape index (κ3) is 2.44. The summed E-state index contributed by atoms with van der Waals surface area (Å²) < 4.78 is 9.85. The highest BCUT2D eigenvalue weighted by Crippen LogP contribution is 2.35. The van der Waals surface area contributed by atoms with E-state index in [1.54, 1.807) is 23.9 Å². The number of fused-ring (bicyclic) bond motifs is 1. The van der Waals surface area contributed by atoms with Gasteiger partial charge in [-0.25, -0.2) is 0 Å². The van der Waals surface area contributed by atoms with E-state index in [1.807, 2.05) is 0 Å². The fraction of sp³-hybridized carbons (Fsp3) is 0.0833. The molecule has 0 atom stereocenters. The number of rotatable bonds is 2. The summed E-state index contributed by atoms with van der Waals surface area (Å²) in [7, 11) is 1.73. The Balaban J connectivity index is 2.04. The van der Waals surface area contributed by atoms with Crippen molar-refractivity contribution in [2.45, 2.75) is 0 Å². The number of nitrogens with two attached hydrogens (primary N) is 1. The smallest absolute Gasteiger partial charge is 0.272 e. The molecule has 0 saturated heterocycles. The van der Waals surface area contributed by atoms with Gasteiger partial charge in [-0.3, -0.25) is 4.79 Å². The second kappa shape index (κ2) is 5.18. The Bertz CT molecular complexity index is 857. The fourth-order valence-electron chi connectivity index (χ4n) is 1.99. The van der Waals surface area contributed by atoms with E-state index in [0.29, 0.717) is 38.1 Å². The maximum Gasteiger partial charge on any atom is 0.272 e. The van der Waals surface area contributed by atoms with Gasteiger partial charge in [0.25, 0.3) is 5.91 Å². The molecule has 1 aromatic carbocycles. The number of benzene rings is 1. The SMILES string of the molecule is Cn1cc(N)cc1C(=O)Nc1c(Cl)cc(Cl)c2nsnc12. The molecule has 1 amide bonds. The van der Waals surface area contributed by atoms with Crippen molar-refractivity contribution >= 4 is 63.2 Å². The molecule has 21 heavy (non-hydrogen) atoms. The van der Waals surface area contributed by atoms with E-state index in [2.05, 4.69) is 14.1 Å². The lowest BCUT2D eigenvalue weighted by molar-refractivity contribution is 0.101. The summed E-state index contributed by atoms with van der Waals surface area (Å²) in [5, 5.41) is 3.43. The highest BCUT2D eigenvalue weighted by molar-refractivity contribution is 7.00. The number of hydrogen-bond donors (Lipinski definition) is 2. The maximum atomic E-state index is 12.3. The minimum atomic E-state index is -0.340. The molecule has 0 radical (unpaired) electrons. The molecule has 0 bridgehead atoms. The Labute approximate surface area is 133 Å². The molecule has 108 valence electrons. The molecule has 0 aliphatic heterocycles. The van der Waals surface area contributed by atoms with Gasteiger partial charge in [-0.05, 0) is 12.1 Å². The number of aromatic nitrogens is 3. The van der Waals surface area contributed by atoms with Gasteiger partial charge in [0.2, 0.25) is 0 Å². The van der Waals surface area contributed by atoms with Gasteiger partial charge in [-0.2, -0.15) is 8.75 Å². The largest absolute Gasteiger partial charge is 0.397 e. The standard InChI is InChI=1S/C12H9Cl2N5OS/c1-19-4-5(15)2-8(19)12(20)16-9-6(13)3-7(14)10-11(9)18-21-17-10/h2-4H,15H2,1H3,(H,16,20). The van der Waals surface area contributed by atoms with Gasteiger partial charge in [0.05, 0.1) is 33.1 Å². The normalized spacial score (nSPS) is 11.0. The average Bonchev–Trinajstić information content (AvgIpc) is 3.01. The van der Waals surface area contributed by atoms with Crippen molar-refractivity contribution in [3.63, 3.8) is 0 Å². The average molecular weight is 342 g/mol. The monoisotopic (exact) mass is 341 g/mol. The lowest BCUT2D eigenvalue weighted by atomic mass is 10.2. The minimum Gasteiger partial charge on any atom is -0.397 e. The molecule has 0 saturated carbocycles. The van der Waals surface area contributed by atoms with Crippen LogP contribution in [0.2, 0.25) is 10.0 Å². The van der Waals surface area contributed by atoms with Crippen LogP contribution in [0.3, 0.4) is 0 Å². The molecule has 3 rings (SSSR count). The van der Waals surface area contributed by atoms with Crippen molar-refractivity contribution in [3.05, 3.63) is 34.1 Å². The van der Waals surface area contributed by atoms with Crippen molar-refractivity contribution in [3.8, 4) is 0 Å². The zero-order valence-corrected chi connectivity index (χ0v) is 13.1. The van der Waals surface area contributed by atoms with E-state index in [-0.39, 0.29) is 5.91 Å². The van der Waals surface area contributed by atoms with E-state index < -0.39 is 0 Å². The summed E-state index contributed by atoms with van der Waals surface area (Å²) in [5.41, 5.74) is 7.94. The van der Waals surface area contributed by atoms with E-state index in [0.717, 1.165) is 11.7 Å². The number of carbonyl (C=O) groups is 1. The third-order valence-electron chi connectivity index (χ3n) is 2.94. The first kappa shape index (κ1) is 14.1. The van der Waals surface area contributed by atoms with Crippen LogP contribution in [0.5, 0.6) is 0 Å². The van der Waals surface area contributed by atoms with E-state index in [4.69, 9.17) is 28.9 Å². The third-order valence-corrected chi connectivity index (χ3v) is 4.06. The molecule has 0 unspecified atom stereocenters. The van der Waals surface area contributed by atoms with Crippen LogP contribution >= 0.6 is 34.9 Å². The van der Waals surface area contributed by atoms with Crippen LogP contribution in [0, 0.1) is 0 Å². The van der Waals surface area contributed by atoms with E-state index in [9.17, 15) is 4.79 Å². The van der Waals surface area contributed by atoms with Crippen LogP contribution in [0.1, 0.15) is 10.5 Å². The zero-order valence-electron chi connectivity index (χ0n) is 10.7. The summed E-state index contributed by atoms with van der Waals surface area (Å²) in [6.07, 6.45) is 1.65. The zero-order chi connectivity index (χ0) is 15.1. The van der Waals surface area contributed by atoms with Crippen LogP contribution in [-0.2, 0) is 7.05 Å². The molecule has 3 aromatic rings. The molecule has 9 heteroatoms. The number of nitrogens with one attached hydrogen (secondary N) is 1. The fourth-order valence-corrected chi connectivity index (χ4v) is 3.15. The summed E-state index contributed by atoms with van der Waals surface area (Å²) >= 11 is 13.2. The quantitative estimate of drug-likeness (QED) is 0.749. The number of anilines is 2. The summed E-state index contributed by atoms with van der Waals surface area (Å²) in [6.45, 7) is 0. The molecular formula is C12H9Cl2N5OS. The van der Waals surface area contributed by atoms with Gasteiger partial charge in [-0.15, -0.1) is 0 Å². The Hall–Kier alpha value is -1.83. The Morgan fingerprint density at radius 3 is 2.67 bits per heavy atom. The molecule has 0 fully saturated rings. The molecular weight excluding hydrogens is 333 g/mol. The van der Waals surface area contributed by atoms with Crippen LogP contribution in [-0.4, -0.2) is 19.2 Å². The highest BCUT2D eigenvalue weighted by Gasteiger charge is 2.18. The molecule has 0 spiro atoms. The number of amides is 1. The van der Waals surface area contributed by atoms with Crippen LogP contribution < -0.4 is 11.1 Å². The molecule has 2 aromatic heterocycles. The maximum absolute atomic E-state index is 12.3. The number of hydrogen-bond acceptors (Lipinski definition) is 5. The predicted octanol–water partition coefficient (Wildman–Crippen LogP) is 3.17. The highest BCUT2D eigenvalue weighted by atomic mass is 35.5. The predicted molar refractivity (Wildman–Crippen MR) is 85.2 cm³/mol. The second-order valence-corrected chi connectivity index (χ2v) is 5.74. The summed E-state index contributed by atoms with van der Waals surface area (Å²) in [5.74, 6) is -0.340. The topological polar surface area (TPSA) is 85.8 Å². The van der Waals surface area contributed by atoms with E-state index >= 15 is 0 Å². The molecule has 0 aliphatic rings. The molecule has 0 aliphatic carbocycles. The van der Waals surface area contributed by atoms with Gasteiger partial charge >= 0.3 is 0 Å². The number of aryl methyl sites for hydroxylation is 1. The molecule has 2 heterocycles. The van der Waals surface area contributed by atoms with Gasteiger partial charge in [0, 0.05) is 13.2 Å². The summed E-state index contributed by atoms with van der Waals surface area (Å²) in [6, 6.07) is 3.11. The van der Waals surface area contributed by atoms with Crippen molar-refractivity contribution < 1.29 is 4.79 Å². The van der Waals surface area contributed by atoms with Crippen molar-refractivity contribution in [2.24, 2.45) is 7.05 Å². The van der Waals surface area contributed by atoms with E-state index in [1.165, 1.54) is 6.07 Å². The first-order valence-electron chi connectivity index (χ1n) is 5.81. The minimum absolute atomic E-state index is 0.302. The van der Waals surface area contributed by atoms with Gasteiger partial charge in [0.15, 0.2) is 0 Å². The van der Waals surface area contributed by atoms with Crippen LogP contribution in [0.15, 0.2) is 18.3 Å². The number of nitrogen functional groups attached to an aromatic ring is 1. The van der Waals surface area contributed by atoms with Crippen LogP contribution in [0.4, 0.5) is 11.4 Å². The van der Waals surface area contributed by atoms with Crippen molar-refractivity contribution in [1.29, 1.82) is 0 Å². The lowest BCUT2D eigenvalue weighted by Crippen LogP contribution is -2.16. The summed E-state index contributed by atoms with van der Waals surface area (Å²) in [4.78, 5) is 12.3. The van der Waals surface area contributed by atoms with Crippen molar-refractivity contribution in [1.82, 2.24) is 13.3 Å². The second-order valence-electron chi connectivity index (χ2n) is 4.40.